The van der Waals surface area contributed by atoms with Gasteiger partial charge in [-0.05, 0) is 25.1 Å². The van der Waals surface area contributed by atoms with Crippen molar-refractivity contribution >= 4 is 17.7 Å². The Bertz CT molecular complexity index is 967. The maximum atomic E-state index is 13.3. The highest BCUT2D eigenvalue weighted by Crippen LogP contribution is 2.26. The first kappa shape index (κ1) is 19.4. The minimum absolute atomic E-state index is 0.0596. The van der Waals surface area contributed by atoms with Gasteiger partial charge in [0.25, 0.3) is 5.91 Å². The summed E-state index contributed by atoms with van der Waals surface area (Å²) in [6.45, 7) is 2.98. The van der Waals surface area contributed by atoms with Crippen molar-refractivity contribution < 1.29 is 13.9 Å². The summed E-state index contributed by atoms with van der Waals surface area (Å²) in [4.78, 5) is 20.6. The van der Waals surface area contributed by atoms with Crippen LogP contribution in [-0.4, -0.2) is 61.0 Å². The zero-order chi connectivity index (χ0) is 20.2. The van der Waals surface area contributed by atoms with Crippen LogP contribution in [0.5, 0.6) is 5.88 Å². The molecule has 1 aromatic carbocycles. The first-order valence-corrected chi connectivity index (χ1v) is 10.3. The Morgan fingerprint density at radius 2 is 2.03 bits per heavy atom. The van der Waals surface area contributed by atoms with Crippen molar-refractivity contribution in [3.05, 3.63) is 66.4 Å². The normalized spacial score (nSPS) is 19.2. The molecule has 4 rings (SSSR count). The average Bonchev–Trinajstić information content (AvgIpc) is 3.28. The van der Waals surface area contributed by atoms with Gasteiger partial charge >= 0.3 is 0 Å². The zero-order valence-electron chi connectivity index (χ0n) is 15.8. The van der Waals surface area contributed by atoms with Crippen molar-refractivity contribution in [3.8, 4) is 11.6 Å². The number of halogens is 1. The van der Waals surface area contributed by atoms with E-state index in [9.17, 15) is 9.18 Å². The van der Waals surface area contributed by atoms with Crippen LogP contribution < -0.4 is 4.74 Å². The molecule has 0 spiro atoms. The second kappa shape index (κ2) is 8.60. The molecule has 0 radical (unpaired) electrons. The highest BCUT2D eigenvalue weighted by molar-refractivity contribution is 8.00. The standard InChI is InChI=1S/C20H20FN5O2S/c1-14-13-29-16(12-28-19-7-6-15(21)10-22-19)11-25(14)20(27)17-4-2-3-5-18(17)26-23-8-9-24-26/h2-10,14,16H,11-13H2,1H3. The van der Waals surface area contributed by atoms with Crippen molar-refractivity contribution in [3.63, 3.8) is 0 Å². The fraction of sp³-hybridized carbons (Fsp3) is 0.300. The molecule has 150 valence electrons. The summed E-state index contributed by atoms with van der Waals surface area (Å²) >= 11 is 1.76. The van der Waals surface area contributed by atoms with Gasteiger partial charge in [-0.1, -0.05) is 12.1 Å². The Kier molecular flexibility index (Phi) is 5.75. The van der Waals surface area contributed by atoms with Crippen LogP contribution in [0.4, 0.5) is 4.39 Å². The van der Waals surface area contributed by atoms with Gasteiger partial charge in [-0.15, -0.1) is 0 Å². The number of ether oxygens (including phenoxy) is 1. The summed E-state index contributed by atoms with van der Waals surface area (Å²) in [6.07, 6.45) is 4.29. The molecule has 0 bridgehead atoms. The number of nitrogens with zero attached hydrogens (tertiary/aromatic N) is 5. The molecule has 1 saturated heterocycles. The van der Waals surface area contributed by atoms with Crippen molar-refractivity contribution in [2.24, 2.45) is 0 Å². The number of para-hydroxylation sites is 1. The number of pyridine rings is 1. The van der Waals surface area contributed by atoms with Crippen molar-refractivity contribution in [2.75, 3.05) is 18.9 Å². The van der Waals surface area contributed by atoms with Crippen LogP contribution in [-0.2, 0) is 0 Å². The van der Waals surface area contributed by atoms with E-state index in [4.69, 9.17) is 4.74 Å². The minimum atomic E-state index is -0.402. The van der Waals surface area contributed by atoms with Crippen LogP contribution >= 0.6 is 11.8 Å². The fourth-order valence-corrected chi connectivity index (χ4v) is 4.31. The molecular weight excluding hydrogens is 393 g/mol. The molecule has 1 amide bonds. The van der Waals surface area contributed by atoms with E-state index in [1.807, 2.05) is 30.0 Å². The minimum Gasteiger partial charge on any atom is -0.476 e. The predicted molar refractivity (Wildman–Crippen MR) is 108 cm³/mol. The van der Waals surface area contributed by atoms with Gasteiger partial charge in [-0.25, -0.2) is 9.37 Å². The number of aromatic nitrogens is 4. The van der Waals surface area contributed by atoms with Crippen LogP contribution in [0.25, 0.3) is 5.69 Å². The lowest BCUT2D eigenvalue weighted by atomic mass is 10.1. The summed E-state index contributed by atoms with van der Waals surface area (Å²) in [7, 11) is 0. The molecular formula is C20H20FN5O2S. The van der Waals surface area contributed by atoms with Gasteiger partial charge < -0.3 is 9.64 Å². The molecule has 3 heterocycles. The van der Waals surface area contributed by atoms with E-state index < -0.39 is 5.82 Å². The quantitative estimate of drug-likeness (QED) is 0.641. The van der Waals surface area contributed by atoms with Gasteiger partial charge in [0.1, 0.15) is 12.4 Å². The Hall–Kier alpha value is -2.94. The van der Waals surface area contributed by atoms with E-state index in [0.29, 0.717) is 30.3 Å². The molecule has 0 aliphatic carbocycles. The largest absolute Gasteiger partial charge is 0.476 e. The maximum Gasteiger partial charge on any atom is 0.256 e. The third kappa shape index (κ3) is 4.40. The van der Waals surface area contributed by atoms with Gasteiger partial charge in [0.15, 0.2) is 0 Å². The summed E-state index contributed by atoms with van der Waals surface area (Å²) in [5.41, 5.74) is 1.21. The highest BCUT2D eigenvalue weighted by atomic mass is 32.2. The Morgan fingerprint density at radius 1 is 1.24 bits per heavy atom. The van der Waals surface area contributed by atoms with E-state index in [1.54, 1.807) is 30.2 Å². The van der Waals surface area contributed by atoms with Gasteiger partial charge in [-0.2, -0.15) is 26.8 Å². The number of benzene rings is 1. The van der Waals surface area contributed by atoms with Crippen LogP contribution in [0.3, 0.4) is 0 Å². The van der Waals surface area contributed by atoms with Crippen LogP contribution in [0.2, 0.25) is 0 Å². The molecule has 2 atom stereocenters. The SMILES string of the molecule is CC1CSC(COc2ccc(F)cn2)CN1C(=O)c1ccccc1-n1nccn1. The van der Waals surface area contributed by atoms with Gasteiger partial charge in [-0.3, -0.25) is 4.79 Å². The Balaban J connectivity index is 1.47. The Labute approximate surface area is 171 Å². The summed E-state index contributed by atoms with van der Waals surface area (Å²) in [6, 6.07) is 10.2. The third-order valence-corrected chi connectivity index (χ3v) is 6.08. The number of carbonyl (C=O) groups excluding carboxylic acids is 1. The number of amides is 1. The van der Waals surface area contributed by atoms with Crippen molar-refractivity contribution in [1.29, 1.82) is 0 Å². The number of carbonyl (C=O) groups is 1. The molecule has 2 unspecified atom stereocenters. The molecule has 2 aromatic heterocycles. The topological polar surface area (TPSA) is 73.1 Å². The van der Waals surface area contributed by atoms with E-state index >= 15 is 0 Å². The molecule has 7 nitrogen and oxygen atoms in total. The lowest BCUT2D eigenvalue weighted by Crippen LogP contribution is -2.49. The molecule has 0 saturated carbocycles. The highest BCUT2D eigenvalue weighted by Gasteiger charge is 2.31. The summed E-state index contributed by atoms with van der Waals surface area (Å²) in [5, 5.41) is 8.40. The molecule has 29 heavy (non-hydrogen) atoms. The predicted octanol–water partition coefficient (Wildman–Crippen LogP) is 2.83. The van der Waals surface area contributed by atoms with Crippen molar-refractivity contribution in [1.82, 2.24) is 24.9 Å². The lowest BCUT2D eigenvalue weighted by Gasteiger charge is -2.37. The van der Waals surface area contributed by atoms with Gasteiger partial charge in [0.2, 0.25) is 5.88 Å². The first-order chi connectivity index (χ1) is 14.1. The van der Waals surface area contributed by atoms with E-state index in [0.717, 1.165) is 11.9 Å². The molecule has 9 heteroatoms. The summed E-state index contributed by atoms with van der Waals surface area (Å²) < 4.78 is 18.7. The van der Waals surface area contributed by atoms with Crippen LogP contribution in [0, 0.1) is 5.82 Å². The fourth-order valence-electron chi connectivity index (χ4n) is 3.15. The summed E-state index contributed by atoms with van der Waals surface area (Å²) in [5.74, 6) is 0.716. The number of hydrogen-bond acceptors (Lipinski definition) is 6. The molecule has 1 aliphatic heterocycles. The third-order valence-electron chi connectivity index (χ3n) is 4.65. The molecule has 3 aromatic rings. The second-order valence-corrected chi connectivity index (χ2v) is 8.06. The van der Waals surface area contributed by atoms with Crippen LogP contribution in [0.15, 0.2) is 55.0 Å². The number of thioether (sulfide) groups is 1. The average molecular weight is 413 g/mol. The van der Waals surface area contributed by atoms with Gasteiger partial charge in [0, 0.05) is 24.4 Å². The number of rotatable bonds is 5. The lowest BCUT2D eigenvalue weighted by molar-refractivity contribution is 0.0692. The first-order valence-electron chi connectivity index (χ1n) is 9.24. The van der Waals surface area contributed by atoms with Crippen LogP contribution in [0.1, 0.15) is 17.3 Å². The maximum absolute atomic E-state index is 13.3. The van der Waals surface area contributed by atoms with Gasteiger partial charge in [0.05, 0.1) is 35.1 Å². The Morgan fingerprint density at radius 3 is 2.79 bits per heavy atom. The molecule has 1 fully saturated rings. The zero-order valence-corrected chi connectivity index (χ0v) is 16.6. The second-order valence-electron chi connectivity index (χ2n) is 6.72. The van der Waals surface area contributed by atoms with Crippen molar-refractivity contribution in [2.45, 2.75) is 18.2 Å². The smallest absolute Gasteiger partial charge is 0.256 e. The molecule has 0 N–H and O–H groups in total. The molecule has 1 aliphatic rings. The van der Waals surface area contributed by atoms with E-state index in [1.165, 1.54) is 16.9 Å². The van der Waals surface area contributed by atoms with E-state index in [-0.39, 0.29) is 17.2 Å². The monoisotopic (exact) mass is 413 g/mol. The van der Waals surface area contributed by atoms with E-state index in [2.05, 4.69) is 15.2 Å². The number of hydrogen-bond donors (Lipinski definition) is 0.